The summed E-state index contributed by atoms with van der Waals surface area (Å²) in [6, 6.07) is 7.70. The van der Waals surface area contributed by atoms with E-state index in [2.05, 4.69) is 0 Å². The largest absolute Gasteiger partial charge is 0.497 e. The van der Waals surface area contributed by atoms with Crippen LogP contribution in [-0.2, 0) is 9.59 Å². The Labute approximate surface area is 161 Å². The van der Waals surface area contributed by atoms with Crippen LogP contribution in [0.2, 0.25) is 0 Å². The summed E-state index contributed by atoms with van der Waals surface area (Å²) in [6.07, 6.45) is 2.90. The fourth-order valence-electron chi connectivity index (χ4n) is 4.61. The van der Waals surface area contributed by atoms with Crippen molar-refractivity contribution in [3.05, 3.63) is 29.8 Å². The van der Waals surface area contributed by atoms with E-state index in [-0.39, 0.29) is 17.9 Å². The maximum absolute atomic E-state index is 13.4. The summed E-state index contributed by atoms with van der Waals surface area (Å²) in [7, 11) is 3.46. The van der Waals surface area contributed by atoms with Crippen LogP contribution in [0.25, 0.3) is 0 Å². The zero-order valence-electron chi connectivity index (χ0n) is 16.6. The van der Waals surface area contributed by atoms with E-state index in [1.807, 2.05) is 55.0 Å². The predicted octanol–water partition coefficient (Wildman–Crippen LogP) is 2.93. The van der Waals surface area contributed by atoms with Gasteiger partial charge in [-0.15, -0.1) is 0 Å². The van der Waals surface area contributed by atoms with E-state index in [4.69, 9.17) is 4.74 Å². The molecule has 6 nitrogen and oxygen atoms in total. The average molecular weight is 374 g/mol. The normalized spacial score (nSPS) is 28.1. The van der Waals surface area contributed by atoms with Gasteiger partial charge in [0.05, 0.1) is 13.0 Å². The van der Waals surface area contributed by atoms with E-state index in [9.17, 15) is 14.7 Å². The molecule has 1 aromatic carbocycles. The number of benzene rings is 1. The first-order valence-corrected chi connectivity index (χ1v) is 9.80. The molecule has 3 rings (SSSR count). The third-order valence-corrected chi connectivity index (χ3v) is 6.40. The number of carbonyl (C=O) groups is 2. The number of carboxylic acids is 1. The molecule has 0 spiro atoms. The topological polar surface area (TPSA) is 70.1 Å². The van der Waals surface area contributed by atoms with Gasteiger partial charge in [-0.25, -0.2) is 0 Å². The van der Waals surface area contributed by atoms with Crippen molar-refractivity contribution < 1.29 is 19.4 Å². The van der Waals surface area contributed by atoms with Gasteiger partial charge in [0.25, 0.3) is 0 Å². The Morgan fingerprint density at radius 3 is 2.33 bits per heavy atom. The highest BCUT2D eigenvalue weighted by Gasteiger charge is 2.57. The first-order valence-electron chi connectivity index (χ1n) is 9.80. The lowest BCUT2D eigenvalue weighted by atomic mass is 9.86. The van der Waals surface area contributed by atoms with Gasteiger partial charge in [0, 0.05) is 18.6 Å². The van der Waals surface area contributed by atoms with Crippen LogP contribution in [0.15, 0.2) is 24.3 Å². The van der Waals surface area contributed by atoms with Crippen LogP contribution >= 0.6 is 0 Å². The standard InChI is InChI=1S/C21H30N2O4/c1-5-21(20(25)26)13-17(19(24)23(6-2)15-9-10-15)18(22(21)3)14-7-11-16(27-4)12-8-14/h7-8,11-12,15,17-18H,5-6,9-10,13H2,1-4H3,(H,25,26)/t17-,18-,21-/m0/s1. The van der Waals surface area contributed by atoms with Crippen molar-refractivity contribution in [1.82, 2.24) is 9.80 Å². The van der Waals surface area contributed by atoms with Gasteiger partial charge in [-0.2, -0.15) is 0 Å². The molecular weight excluding hydrogens is 344 g/mol. The number of carboxylic acid groups (broad SMARTS) is 1. The van der Waals surface area contributed by atoms with Crippen molar-refractivity contribution in [3.8, 4) is 5.75 Å². The van der Waals surface area contributed by atoms with Crippen molar-refractivity contribution in [2.45, 2.75) is 57.2 Å². The second-order valence-corrected chi connectivity index (χ2v) is 7.69. The number of carbonyl (C=O) groups excluding carboxylic acids is 1. The van der Waals surface area contributed by atoms with E-state index in [0.717, 1.165) is 24.2 Å². The highest BCUT2D eigenvalue weighted by molar-refractivity contribution is 5.85. The fraction of sp³-hybridized carbons (Fsp3) is 0.619. The molecule has 1 aliphatic heterocycles. The number of hydrogen-bond acceptors (Lipinski definition) is 4. The molecule has 0 bridgehead atoms. The molecule has 0 radical (unpaired) electrons. The Morgan fingerprint density at radius 2 is 1.89 bits per heavy atom. The van der Waals surface area contributed by atoms with Crippen LogP contribution < -0.4 is 4.74 Å². The highest BCUT2D eigenvalue weighted by atomic mass is 16.5. The number of aliphatic carboxylic acids is 1. The van der Waals surface area contributed by atoms with Crippen molar-refractivity contribution in [2.24, 2.45) is 5.92 Å². The summed E-state index contributed by atoms with van der Waals surface area (Å²) in [5.74, 6) is -0.379. The molecule has 1 aromatic rings. The van der Waals surface area contributed by atoms with Gasteiger partial charge >= 0.3 is 5.97 Å². The molecule has 0 unspecified atom stereocenters. The Bertz CT molecular complexity index is 701. The highest BCUT2D eigenvalue weighted by Crippen LogP contribution is 2.49. The van der Waals surface area contributed by atoms with E-state index < -0.39 is 11.5 Å². The number of likely N-dealkylation sites (N-methyl/N-ethyl adjacent to an activating group) is 1. The minimum absolute atomic E-state index is 0.0873. The molecule has 0 aromatic heterocycles. The SMILES string of the molecule is CCN(C(=O)[C@H]1C[C@@](CC)(C(=O)O)N(C)[C@H]1c1ccc(OC)cc1)C1CC1. The number of rotatable bonds is 7. The maximum atomic E-state index is 13.4. The maximum Gasteiger partial charge on any atom is 0.324 e. The van der Waals surface area contributed by atoms with Crippen LogP contribution in [0.5, 0.6) is 5.75 Å². The van der Waals surface area contributed by atoms with Crippen LogP contribution in [0.4, 0.5) is 0 Å². The molecule has 1 amide bonds. The summed E-state index contributed by atoms with van der Waals surface area (Å²) < 4.78 is 5.25. The Kier molecular flexibility index (Phi) is 5.47. The molecule has 1 N–H and O–H groups in total. The van der Waals surface area contributed by atoms with E-state index >= 15 is 0 Å². The smallest absolute Gasteiger partial charge is 0.324 e. The van der Waals surface area contributed by atoms with Gasteiger partial charge < -0.3 is 14.7 Å². The number of ether oxygens (including phenoxy) is 1. The summed E-state index contributed by atoms with van der Waals surface area (Å²) in [5, 5.41) is 10.0. The van der Waals surface area contributed by atoms with Gasteiger partial charge in [0.1, 0.15) is 11.3 Å². The fourth-order valence-corrected chi connectivity index (χ4v) is 4.61. The van der Waals surface area contributed by atoms with Crippen molar-refractivity contribution in [1.29, 1.82) is 0 Å². The Balaban J connectivity index is 2.00. The van der Waals surface area contributed by atoms with Crippen LogP contribution in [-0.4, -0.2) is 59.1 Å². The van der Waals surface area contributed by atoms with E-state index in [1.54, 1.807) is 7.11 Å². The molecule has 148 valence electrons. The molecule has 27 heavy (non-hydrogen) atoms. The van der Waals surface area contributed by atoms with E-state index in [1.165, 1.54) is 0 Å². The minimum Gasteiger partial charge on any atom is -0.497 e. The monoisotopic (exact) mass is 374 g/mol. The third kappa shape index (κ3) is 3.31. The molecule has 1 saturated carbocycles. The second kappa shape index (κ2) is 7.50. The van der Waals surface area contributed by atoms with Crippen LogP contribution in [0.3, 0.4) is 0 Å². The van der Waals surface area contributed by atoms with Crippen LogP contribution in [0.1, 0.15) is 51.1 Å². The zero-order valence-corrected chi connectivity index (χ0v) is 16.6. The molecule has 1 aliphatic carbocycles. The minimum atomic E-state index is -1.02. The van der Waals surface area contributed by atoms with Gasteiger partial charge in [-0.1, -0.05) is 19.1 Å². The number of likely N-dealkylation sites (tertiary alicyclic amines) is 1. The van der Waals surface area contributed by atoms with Crippen LogP contribution in [0, 0.1) is 5.92 Å². The average Bonchev–Trinajstić information content (AvgIpc) is 3.45. The van der Waals surface area contributed by atoms with Gasteiger partial charge in [0.15, 0.2) is 0 Å². The van der Waals surface area contributed by atoms with Gasteiger partial charge in [-0.05, 0) is 57.4 Å². The third-order valence-electron chi connectivity index (χ3n) is 6.40. The van der Waals surface area contributed by atoms with Gasteiger partial charge in [-0.3, -0.25) is 14.5 Å². The molecule has 1 saturated heterocycles. The summed E-state index contributed by atoms with van der Waals surface area (Å²) in [5.41, 5.74) is -0.0616. The van der Waals surface area contributed by atoms with Gasteiger partial charge in [0.2, 0.25) is 5.91 Å². The summed E-state index contributed by atoms with van der Waals surface area (Å²) in [4.78, 5) is 29.5. The van der Waals surface area contributed by atoms with Crippen molar-refractivity contribution >= 4 is 11.9 Å². The molecule has 3 atom stereocenters. The number of hydrogen-bond donors (Lipinski definition) is 1. The molecule has 2 fully saturated rings. The summed E-state index contributed by atoms with van der Waals surface area (Å²) in [6.45, 7) is 4.56. The number of methoxy groups -OCH3 is 1. The Hall–Kier alpha value is -2.08. The quantitative estimate of drug-likeness (QED) is 0.795. The molecular formula is C21H30N2O4. The lowest BCUT2D eigenvalue weighted by molar-refractivity contribution is -0.150. The summed E-state index contributed by atoms with van der Waals surface area (Å²) >= 11 is 0. The number of nitrogens with zero attached hydrogens (tertiary/aromatic N) is 2. The van der Waals surface area contributed by atoms with E-state index in [0.29, 0.717) is 25.4 Å². The Morgan fingerprint density at radius 1 is 1.26 bits per heavy atom. The second-order valence-electron chi connectivity index (χ2n) is 7.69. The van der Waals surface area contributed by atoms with Crippen molar-refractivity contribution in [2.75, 3.05) is 20.7 Å². The first kappa shape index (κ1) is 19.7. The number of amides is 1. The molecule has 2 aliphatic rings. The lowest BCUT2D eigenvalue weighted by Gasteiger charge is -2.34. The zero-order chi connectivity index (χ0) is 19.8. The predicted molar refractivity (Wildman–Crippen MR) is 103 cm³/mol. The molecule has 6 heteroatoms. The lowest BCUT2D eigenvalue weighted by Crippen LogP contribution is -2.48. The molecule has 1 heterocycles. The first-order chi connectivity index (χ1) is 12.9. The van der Waals surface area contributed by atoms with Crippen molar-refractivity contribution in [3.63, 3.8) is 0 Å².